The van der Waals surface area contributed by atoms with Crippen LogP contribution in [0.1, 0.15) is 27.7 Å². The number of Topliss-reactive ketones (excluding diaryl/α,β-unsaturated/α-hetero) is 1. The molecule has 1 heterocycles. The van der Waals surface area contributed by atoms with Crippen molar-refractivity contribution in [1.29, 1.82) is 0 Å². The van der Waals surface area contributed by atoms with E-state index in [1.54, 1.807) is 6.92 Å². The fraction of sp³-hybridized carbons (Fsp3) is 0.462. The minimum Gasteiger partial charge on any atom is -0.490 e. The molecule has 2 rings (SSSR count). The summed E-state index contributed by atoms with van der Waals surface area (Å²) in [4.78, 5) is 11.6. The van der Waals surface area contributed by atoms with E-state index in [9.17, 15) is 4.79 Å². The monoisotopic (exact) mass is 204 g/mol. The summed E-state index contributed by atoms with van der Waals surface area (Å²) in [5.41, 5.74) is 3.35. The number of hydrogen-bond donors (Lipinski definition) is 0. The van der Waals surface area contributed by atoms with Gasteiger partial charge in [0, 0.05) is 5.57 Å². The van der Waals surface area contributed by atoms with Gasteiger partial charge in [0.15, 0.2) is 5.78 Å². The zero-order valence-electron chi connectivity index (χ0n) is 9.63. The molecule has 0 saturated carbocycles. The van der Waals surface area contributed by atoms with Gasteiger partial charge in [0.1, 0.15) is 11.9 Å². The molecule has 80 valence electrons. The molecule has 0 spiro atoms. The third-order valence-electron chi connectivity index (χ3n) is 3.09. The van der Waals surface area contributed by atoms with Crippen LogP contribution in [0.15, 0.2) is 34.6 Å². The smallest absolute Gasteiger partial charge is 0.159 e. The van der Waals surface area contributed by atoms with Crippen molar-refractivity contribution in [3.05, 3.63) is 34.6 Å². The Balaban J connectivity index is 2.46. The van der Waals surface area contributed by atoms with E-state index < -0.39 is 0 Å². The van der Waals surface area contributed by atoms with E-state index in [-0.39, 0.29) is 17.8 Å². The molecular formula is C13H16O2. The van der Waals surface area contributed by atoms with E-state index in [1.807, 2.05) is 13.0 Å². The number of ether oxygens (including phenoxy) is 1. The lowest BCUT2D eigenvalue weighted by Crippen LogP contribution is -2.16. The Kier molecular flexibility index (Phi) is 2.29. The van der Waals surface area contributed by atoms with E-state index in [0.717, 1.165) is 11.3 Å². The van der Waals surface area contributed by atoms with E-state index in [4.69, 9.17) is 4.74 Å². The normalized spacial score (nSPS) is 28.1. The third-order valence-corrected chi connectivity index (χ3v) is 3.09. The quantitative estimate of drug-likeness (QED) is 0.656. The van der Waals surface area contributed by atoms with Gasteiger partial charge in [-0.15, -0.1) is 0 Å². The van der Waals surface area contributed by atoms with E-state index >= 15 is 0 Å². The van der Waals surface area contributed by atoms with Crippen LogP contribution in [0.2, 0.25) is 0 Å². The average molecular weight is 204 g/mol. The molecule has 0 bridgehead atoms. The molecule has 1 aliphatic carbocycles. The van der Waals surface area contributed by atoms with Gasteiger partial charge < -0.3 is 4.74 Å². The zero-order chi connectivity index (χ0) is 11.2. The van der Waals surface area contributed by atoms with Crippen molar-refractivity contribution in [2.45, 2.75) is 33.8 Å². The molecule has 15 heavy (non-hydrogen) atoms. The Morgan fingerprint density at radius 3 is 2.53 bits per heavy atom. The van der Waals surface area contributed by atoms with Crippen LogP contribution in [0.25, 0.3) is 0 Å². The van der Waals surface area contributed by atoms with E-state index in [1.165, 1.54) is 11.1 Å². The second-order valence-corrected chi connectivity index (χ2v) is 4.40. The fourth-order valence-electron chi connectivity index (χ4n) is 2.45. The molecule has 0 radical (unpaired) electrons. The maximum absolute atomic E-state index is 11.6. The minimum atomic E-state index is 0.0498. The van der Waals surface area contributed by atoms with Gasteiger partial charge in [-0.25, -0.2) is 0 Å². The fourth-order valence-corrected chi connectivity index (χ4v) is 2.45. The van der Waals surface area contributed by atoms with E-state index in [0.29, 0.717) is 0 Å². The highest BCUT2D eigenvalue weighted by Crippen LogP contribution is 2.42. The van der Waals surface area contributed by atoms with Crippen molar-refractivity contribution in [2.75, 3.05) is 0 Å². The Morgan fingerprint density at radius 2 is 2.00 bits per heavy atom. The van der Waals surface area contributed by atoms with Crippen molar-refractivity contribution in [2.24, 2.45) is 5.92 Å². The summed E-state index contributed by atoms with van der Waals surface area (Å²) in [7, 11) is 0. The summed E-state index contributed by atoms with van der Waals surface area (Å²) in [5.74, 6) is 1.07. The van der Waals surface area contributed by atoms with Gasteiger partial charge >= 0.3 is 0 Å². The lowest BCUT2D eigenvalue weighted by molar-refractivity contribution is -0.114. The first kappa shape index (κ1) is 10.2. The second kappa shape index (κ2) is 3.37. The first-order chi connectivity index (χ1) is 7.02. The van der Waals surface area contributed by atoms with Crippen LogP contribution in [-0.4, -0.2) is 11.9 Å². The Morgan fingerprint density at radius 1 is 1.33 bits per heavy atom. The van der Waals surface area contributed by atoms with Crippen LogP contribution in [0.3, 0.4) is 0 Å². The largest absolute Gasteiger partial charge is 0.490 e. The molecule has 0 aromatic rings. The molecule has 2 aliphatic rings. The van der Waals surface area contributed by atoms with Gasteiger partial charge in [-0.1, -0.05) is 11.6 Å². The van der Waals surface area contributed by atoms with Crippen molar-refractivity contribution in [3.63, 3.8) is 0 Å². The highest BCUT2D eigenvalue weighted by molar-refractivity contribution is 5.96. The third kappa shape index (κ3) is 1.44. The Labute approximate surface area is 90.3 Å². The van der Waals surface area contributed by atoms with Crippen molar-refractivity contribution in [1.82, 2.24) is 0 Å². The lowest BCUT2D eigenvalue weighted by atomic mass is 9.88. The number of fused-ring (bicyclic) bond motifs is 1. The molecule has 2 nitrogen and oxygen atoms in total. The van der Waals surface area contributed by atoms with Crippen LogP contribution >= 0.6 is 0 Å². The minimum absolute atomic E-state index is 0.0498. The summed E-state index contributed by atoms with van der Waals surface area (Å²) in [5, 5.41) is 0. The average Bonchev–Trinajstić information content (AvgIpc) is 2.59. The molecule has 0 amide bonds. The second-order valence-electron chi connectivity index (χ2n) is 4.40. The molecule has 0 N–H and O–H groups in total. The van der Waals surface area contributed by atoms with Crippen LogP contribution in [0, 0.1) is 5.92 Å². The summed E-state index contributed by atoms with van der Waals surface area (Å²) >= 11 is 0. The van der Waals surface area contributed by atoms with Gasteiger partial charge in [0.05, 0.1) is 5.92 Å². The van der Waals surface area contributed by atoms with Gasteiger partial charge in [-0.3, -0.25) is 4.79 Å². The molecule has 2 heteroatoms. The van der Waals surface area contributed by atoms with Crippen LogP contribution in [0.4, 0.5) is 0 Å². The standard InChI is InChI=1S/C13H16O2/c1-7(2)10-5-6-11-13(10)12(8(3)14)9(4)15-11/h5-6,11,13H,1-4H3/t11-,13+/m0/s1. The van der Waals surface area contributed by atoms with Crippen molar-refractivity contribution in [3.8, 4) is 0 Å². The number of carbonyl (C=O) groups is 1. The Bertz CT molecular complexity index is 406. The predicted octanol–water partition coefficient (Wildman–Crippen LogP) is 2.77. The highest BCUT2D eigenvalue weighted by atomic mass is 16.5. The molecule has 0 saturated heterocycles. The summed E-state index contributed by atoms with van der Waals surface area (Å²) in [6.07, 6.45) is 4.18. The first-order valence-electron chi connectivity index (χ1n) is 5.26. The SMILES string of the molecule is CC(=O)C1=C(C)O[C@H]2C=CC(=C(C)C)[C@@H]12. The van der Waals surface area contributed by atoms with E-state index in [2.05, 4.69) is 19.9 Å². The van der Waals surface area contributed by atoms with Crippen LogP contribution in [0.5, 0.6) is 0 Å². The van der Waals surface area contributed by atoms with Gasteiger partial charge in [0.2, 0.25) is 0 Å². The number of ketones is 1. The number of carbonyl (C=O) groups excluding carboxylic acids is 1. The number of rotatable bonds is 1. The number of hydrogen-bond acceptors (Lipinski definition) is 2. The highest BCUT2D eigenvalue weighted by Gasteiger charge is 2.40. The van der Waals surface area contributed by atoms with Gasteiger partial charge in [-0.2, -0.15) is 0 Å². The Hall–Kier alpha value is -1.31. The van der Waals surface area contributed by atoms with Crippen molar-refractivity contribution >= 4 is 5.78 Å². The van der Waals surface area contributed by atoms with Crippen LogP contribution < -0.4 is 0 Å². The number of allylic oxidation sites excluding steroid dienone is 3. The summed E-state index contributed by atoms with van der Waals surface area (Å²) in [6.45, 7) is 7.65. The topological polar surface area (TPSA) is 26.3 Å². The molecule has 0 aromatic heterocycles. The van der Waals surface area contributed by atoms with Gasteiger partial charge in [-0.05, 0) is 39.3 Å². The maximum atomic E-state index is 11.6. The maximum Gasteiger partial charge on any atom is 0.159 e. The zero-order valence-corrected chi connectivity index (χ0v) is 9.63. The molecule has 0 unspecified atom stereocenters. The van der Waals surface area contributed by atoms with Gasteiger partial charge in [0.25, 0.3) is 0 Å². The van der Waals surface area contributed by atoms with Crippen molar-refractivity contribution < 1.29 is 9.53 Å². The molecular weight excluding hydrogens is 188 g/mol. The summed E-state index contributed by atoms with van der Waals surface area (Å²) in [6, 6.07) is 0. The lowest BCUT2D eigenvalue weighted by Gasteiger charge is -2.14. The first-order valence-corrected chi connectivity index (χ1v) is 5.26. The molecule has 0 fully saturated rings. The van der Waals surface area contributed by atoms with Crippen LogP contribution in [-0.2, 0) is 9.53 Å². The summed E-state index contributed by atoms with van der Waals surface area (Å²) < 4.78 is 5.68. The molecule has 0 aromatic carbocycles. The molecule has 1 aliphatic heterocycles. The predicted molar refractivity (Wildman–Crippen MR) is 59.3 cm³/mol. The molecule has 2 atom stereocenters.